The van der Waals surface area contributed by atoms with Crippen molar-refractivity contribution in [1.29, 1.82) is 0 Å². The summed E-state index contributed by atoms with van der Waals surface area (Å²) in [6.45, 7) is 3.27. The van der Waals surface area contributed by atoms with Gasteiger partial charge in [0.25, 0.3) is 0 Å². The van der Waals surface area contributed by atoms with Gasteiger partial charge in [0.1, 0.15) is 0 Å². The van der Waals surface area contributed by atoms with Gasteiger partial charge in [-0.05, 0) is 30.1 Å². The maximum atomic E-state index is 6.36. The Kier molecular flexibility index (Phi) is 4.81. The average molecular weight is 248 g/mol. The molecule has 0 saturated carbocycles. The van der Waals surface area contributed by atoms with E-state index >= 15 is 0 Å². The first-order valence-corrected chi connectivity index (χ1v) is 9.55. The molecule has 1 aromatic carbocycles. The standard InChI is InChI=1S/C15H24OSi/c1-2-17(13-7-4-8-14-17)16-12-11-15-9-5-3-6-10-15/h3,5-6,9-10H,2,4,7-8,11-14H2,1H3. The summed E-state index contributed by atoms with van der Waals surface area (Å²) in [5, 5.41) is 0. The summed E-state index contributed by atoms with van der Waals surface area (Å²) in [7, 11) is -1.31. The van der Waals surface area contributed by atoms with Gasteiger partial charge in [0.15, 0.2) is 8.32 Å². The fraction of sp³-hybridized carbons (Fsp3) is 0.600. The zero-order valence-electron chi connectivity index (χ0n) is 11.0. The minimum absolute atomic E-state index is 0.935. The van der Waals surface area contributed by atoms with E-state index in [1.807, 2.05) is 0 Å². The predicted molar refractivity (Wildman–Crippen MR) is 75.8 cm³/mol. The van der Waals surface area contributed by atoms with Crippen LogP contribution < -0.4 is 0 Å². The molecule has 0 atom stereocenters. The van der Waals surface area contributed by atoms with Crippen LogP contribution in [0.4, 0.5) is 0 Å². The van der Waals surface area contributed by atoms with Gasteiger partial charge < -0.3 is 4.43 Å². The van der Waals surface area contributed by atoms with E-state index in [0.717, 1.165) is 13.0 Å². The van der Waals surface area contributed by atoms with Crippen molar-refractivity contribution in [2.45, 2.75) is 50.7 Å². The Morgan fingerprint density at radius 1 is 1.06 bits per heavy atom. The van der Waals surface area contributed by atoms with Crippen LogP contribution in [0.5, 0.6) is 0 Å². The Labute approximate surface area is 106 Å². The molecule has 1 aliphatic rings. The topological polar surface area (TPSA) is 9.23 Å². The van der Waals surface area contributed by atoms with Crippen LogP contribution in [0.2, 0.25) is 18.1 Å². The highest BCUT2D eigenvalue weighted by atomic mass is 28.4. The first kappa shape index (κ1) is 12.8. The Bertz CT molecular complexity index is 317. The van der Waals surface area contributed by atoms with Crippen LogP contribution in [0.3, 0.4) is 0 Å². The van der Waals surface area contributed by atoms with Crippen molar-refractivity contribution in [3.8, 4) is 0 Å². The van der Waals surface area contributed by atoms with E-state index in [-0.39, 0.29) is 0 Å². The molecule has 0 aromatic heterocycles. The lowest BCUT2D eigenvalue weighted by atomic mass is 10.2. The zero-order chi connectivity index (χ0) is 12.0. The maximum Gasteiger partial charge on any atom is 0.192 e. The lowest BCUT2D eigenvalue weighted by Crippen LogP contribution is -2.39. The molecule has 2 rings (SSSR count). The number of rotatable bonds is 5. The van der Waals surface area contributed by atoms with Gasteiger partial charge in [-0.2, -0.15) is 0 Å². The molecule has 1 heterocycles. The zero-order valence-corrected chi connectivity index (χ0v) is 12.0. The second-order valence-corrected chi connectivity index (χ2v) is 9.54. The largest absolute Gasteiger partial charge is 0.416 e. The van der Waals surface area contributed by atoms with E-state index in [9.17, 15) is 0 Å². The Balaban J connectivity index is 1.80. The molecular formula is C15H24OSi. The molecule has 0 unspecified atom stereocenters. The van der Waals surface area contributed by atoms with Gasteiger partial charge in [-0.3, -0.25) is 0 Å². The number of benzene rings is 1. The summed E-state index contributed by atoms with van der Waals surface area (Å²) in [5.74, 6) is 0. The van der Waals surface area contributed by atoms with Gasteiger partial charge in [-0.25, -0.2) is 0 Å². The van der Waals surface area contributed by atoms with E-state index in [1.54, 1.807) is 0 Å². The summed E-state index contributed by atoms with van der Waals surface area (Å²) in [6, 6.07) is 14.8. The van der Waals surface area contributed by atoms with Crippen molar-refractivity contribution in [2.75, 3.05) is 6.61 Å². The molecule has 0 aliphatic carbocycles. The molecule has 0 bridgehead atoms. The van der Waals surface area contributed by atoms with Crippen molar-refractivity contribution in [1.82, 2.24) is 0 Å². The van der Waals surface area contributed by atoms with Gasteiger partial charge in [0.2, 0.25) is 0 Å². The van der Waals surface area contributed by atoms with Gasteiger partial charge in [-0.1, -0.05) is 56.5 Å². The summed E-state index contributed by atoms with van der Waals surface area (Å²) in [6.07, 6.45) is 5.32. The molecule has 0 spiro atoms. The Morgan fingerprint density at radius 3 is 2.41 bits per heavy atom. The molecular weight excluding hydrogens is 224 g/mol. The first-order valence-electron chi connectivity index (χ1n) is 7.02. The molecule has 0 amide bonds. The number of hydrogen-bond donors (Lipinski definition) is 0. The maximum absolute atomic E-state index is 6.36. The van der Waals surface area contributed by atoms with Crippen molar-refractivity contribution in [3.63, 3.8) is 0 Å². The summed E-state index contributed by atoms with van der Waals surface area (Å²) < 4.78 is 6.36. The normalized spacial score (nSPS) is 19.1. The van der Waals surface area contributed by atoms with Gasteiger partial charge in [-0.15, -0.1) is 0 Å². The minimum Gasteiger partial charge on any atom is -0.416 e. The van der Waals surface area contributed by atoms with E-state index < -0.39 is 8.32 Å². The molecule has 1 aromatic rings. The van der Waals surface area contributed by atoms with Gasteiger partial charge in [0, 0.05) is 6.61 Å². The van der Waals surface area contributed by atoms with Gasteiger partial charge in [0.05, 0.1) is 0 Å². The second-order valence-electron chi connectivity index (χ2n) is 5.18. The highest BCUT2D eigenvalue weighted by molar-refractivity contribution is 6.73. The van der Waals surface area contributed by atoms with Gasteiger partial charge >= 0.3 is 0 Å². The summed E-state index contributed by atoms with van der Waals surface area (Å²) in [5.41, 5.74) is 1.41. The third-order valence-corrected chi connectivity index (χ3v) is 8.69. The Morgan fingerprint density at radius 2 is 1.76 bits per heavy atom. The van der Waals surface area contributed by atoms with Crippen LogP contribution in [0, 0.1) is 0 Å². The molecule has 2 heteroatoms. The van der Waals surface area contributed by atoms with Crippen LogP contribution in [-0.4, -0.2) is 14.9 Å². The van der Waals surface area contributed by atoms with E-state index in [4.69, 9.17) is 4.43 Å². The molecule has 94 valence electrons. The van der Waals surface area contributed by atoms with E-state index in [0.29, 0.717) is 0 Å². The minimum atomic E-state index is -1.31. The van der Waals surface area contributed by atoms with Crippen LogP contribution in [0.15, 0.2) is 30.3 Å². The third-order valence-electron chi connectivity index (χ3n) is 4.05. The molecule has 0 radical (unpaired) electrons. The molecule has 17 heavy (non-hydrogen) atoms. The fourth-order valence-corrected chi connectivity index (χ4v) is 6.60. The van der Waals surface area contributed by atoms with Crippen LogP contribution in [0.1, 0.15) is 31.7 Å². The van der Waals surface area contributed by atoms with Crippen molar-refractivity contribution < 1.29 is 4.43 Å². The van der Waals surface area contributed by atoms with Crippen LogP contribution in [-0.2, 0) is 10.8 Å². The summed E-state index contributed by atoms with van der Waals surface area (Å²) in [4.78, 5) is 0. The smallest absolute Gasteiger partial charge is 0.192 e. The third kappa shape index (κ3) is 3.68. The molecule has 1 aliphatic heterocycles. The SMILES string of the molecule is CC[Si]1(OCCc2ccccc2)CCCCC1. The van der Waals surface area contributed by atoms with E-state index in [1.165, 1.54) is 43.0 Å². The predicted octanol–water partition coefficient (Wildman–Crippen LogP) is 4.40. The van der Waals surface area contributed by atoms with Crippen molar-refractivity contribution >= 4 is 8.32 Å². The Hall–Kier alpha value is -0.603. The second kappa shape index (κ2) is 6.36. The first-order chi connectivity index (χ1) is 8.35. The highest BCUT2D eigenvalue weighted by Crippen LogP contribution is 2.32. The fourth-order valence-electron chi connectivity index (χ4n) is 2.83. The monoisotopic (exact) mass is 248 g/mol. The van der Waals surface area contributed by atoms with Crippen molar-refractivity contribution in [3.05, 3.63) is 35.9 Å². The number of hydrogen-bond acceptors (Lipinski definition) is 1. The van der Waals surface area contributed by atoms with Crippen LogP contribution in [0.25, 0.3) is 0 Å². The van der Waals surface area contributed by atoms with Crippen LogP contribution >= 0.6 is 0 Å². The lowest BCUT2D eigenvalue weighted by molar-refractivity contribution is 0.294. The molecule has 1 saturated heterocycles. The quantitative estimate of drug-likeness (QED) is 0.702. The molecule has 1 nitrogen and oxygen atoms in total. The molecule has 0 N–H and O–H groups in total. The average Bonchev–Trinajstić information content (AvgIpc) is 2.41. The highest BCUT2D eigenvalue weighted by Gasteiger charge is 2.34. The lowest BCUT2D eigenvalue weighted by Gasteiger charge is -2.34. The summed E-state index contributed by atoms with van der Waals surface area (Å²) >= 11 is 0. The van der Waals surface area contributed by atoms with Crippen molar-refractivity contribution in [2.24, 2.45) is 0 Å². The van der Waals surface area contributed by atoms with E-state index in [2.05, 4.69) is 37.3 Å². The molecule has 1 fully saturated rings.